The molecule has 1 rings (SSSR count). The molecule has 0 aliphatic heterocycles. The largest absolute Gasteiger partial charge is 0.294 e. The molecule has 0 aliphatic carbocycles. The van der Waals surface area contributed by atoms with Gasteiger partial charge in [0.25, 0.3) is 0 Å². The zero-order valence-corrected chi connectivity index (χ0v) is 8.75. The van der Waals surface area contributed by atoms with Gasteiger partial charge in [0.05, 0.1) is 0 Å². The van der Waals surface area contributed by atoms with Crippen LogP contribution in [0, 0.1) is 5.92 Å². The molecule has 0 aliphatic rings. The van der Waals surface area contributed by atoms with Crippen molar-refractivity contribution in [1.29, 1.82) is 0 Å². The van der Waals surface area contributed by atoms with Gasteiger partial charge in [0, 0.05) is 29.0 Å². The molecule has 0 aromatic carbocycles. The first-order valence-electron chi connectivity index (χ1n) is 4.27. The second-order valence-corrected chi connectivity index (χ2v) is 4.00. The molecule has 0 saturated heterocycles. The van der Waals surface area contributed by atoms with E-state index in [0.29, 0.717) is 5.75 Å². The maximum atomic E-state index is 11.1. The van der Waals surface area contributed by atoms with Gasteiger partial charge in [0.15, 0.2) is 0 Å². The van der Waals surface area contributed by atoms with Crippen molar-refractivity contribution >= 4 is 17.7 Å². The molecule has 0 saturated carbocycles. The van der Waals surface area contributed by atoms with Crippen molar-refractivity contribution in [1.82, 2.24) is 10.4 Å². The number of amides is 1. The molecular weight excluding hydrogens is 198 g/mol. The molecule has 14 heavy (non-hydrogen) atoms. The third-order valence-electron chi connectivity index (χ3n) is 1.74. The minimum absolute atomic E-state index is 0.0850. The Bertz CT molecular complexity index is 291. The quantitative estimate of drug-likeness (QED) is 0.334. The second-order valence-electron chi connectivity index (χ2n) is 2.90. The summed E-state index contributed by atoms with van der Waals surface area (Å²) in [5.41, 5.74) is 2.14. The lowest BCUT2D eigenvalue weighted by atomic mass is 10.2. The number of carbonyl (C=O) groups excluding carboxylic acids is 1. The van der Waals surface area contributed by atoms with E-state index >= 15 is 0 Å². The number of nitrogens with one attached hydrogen (secondary N) is 1. The fourth-order valence-electron chi connectivity index (χ4n) is 0.874. The summed E-state index contributed by atoms with van der Waals surface area (Å²) >= 11 is 1.62. The molecule has 0 fully saturated rings. The zero-order chi connectivity index (χ0) is 10.4. The van der Waals surface area contributed by atoms with Crippen molar-refractivity contribution in [2.45, 2.75) is 11.8 Å². The van der Waals surface area contributed by atoms with Crippen LogP contribution < -0.4 is 11.3 Å². The SMILES string of the molecule is CC(CSc1ccncc1)C(=O)NN. The van der Waals surface area contributed by atoms with Crippen molar-refractivity contribution < 1.29 is 4.79 Å². The van der Waals surface area contributed by atoms with Gasteiger partial charge in [0.2, 0.25) is 5.91 Å². The van der Waals surface area contributed by atoms with Gasteiger partial charge in [-0.3, -0.25) is 15.2 Å². The van der Waals surface area contributed by atoms with E-state index in [1.54, 1.807) is 24.2 Å². The number of aromatic nitrogens is 1. The Morgan fingerprint density at radius 2 is 2.29 bits per heavy atom. The Labute approximate surface area is 87.3 Å². The summed E-state index contributed by atoms with van der Waals surface area (Å²) in [5.74, 6) is 5.52. The fraction of sp³-hybridized carbons (Fsp3) is 0.333. The predicted molar refractivity (Wildman–Crippen MR) is 56.5 cm³/mol. The number of pyridine rings is 1. The molecule has 1 amide bonds. The molecule has 0 spiro atoms. The predicted octanol–water partition coefficient (Wildman–Crippen LogP) is 0.800. The molecule has 5 heteroatoms. The summed E-state index contributed by atoms with van der Waals surface area (Å²) in [6, 6.07) is 3.83. The zero-order valence-electron chi connectivity index (χ0n) is 7.93. The van der Waals surface area contributed by atoms with Crippen molar-refractivity contribution in [3.63, 3.8) is 0 Å². The highest BCUT2D eigenvalue weighted by atomic mass is 32.2. The third kappa shape index (κ3) is 3.35. The Balaban J connectivity index is 2.38. The van der Waals surface area contributed by atoms with Crippen LogP contribution >= 0.6 is 11.8 Å². The minimum atomic E-state index is -0.133. The first-order valence-corrected chi connectivity index (χ1v) is 5.26. The Morgan fingerprint density at radius 3 is 2.86 bits per heavy atom. The van der Waals surface area contributed by atoms with Gasteiger partial charge in [-0.25, -0.2) is 5.84 Å². The number of hydrogen-bond donors (Lipinski definition) is 2. The molecule has 1 heterocycles. The summed E-state index contributed by atoms with van der Waals surface area (Å²) in [4.78, 5) is 16.1. The topological polar surface area (TPSA) is 68.0 Å². The van der Waals surface area contributed by atoms with E-state index in [4.69, 9.17) is 5.84 Å². The first kappa shape index (κ1) is 11.0. The van der Waals surface area contributed by atoms with E-state index in [0.717, 1.165) is 4.90 Å². The lowest BCUT2D eigenvalue weighted by molar-refractivity contribution is -0.123. The van der Waals surface area contributed by atoms with Gasteiger partial charge in [0.1, 0.15) is 0 Å². The minimum Gasteiger partial charge on any atom is -0.294 e. The standard InChI is InChI=1S/C9H13N3OS/c1-7(9(13)12-10)6-14-8-2-4-11-5-3-8/h2-5,7H,6,10H2,1H3,(H,12,13). The average Bonchev–Trinajstić information content (AvgIpc) is 2.26. The molecule has 0 bridgehead atoms. The van der Waals surface area contributed by atoms with Crippen molar-refractivity contribution in [2.24, 2.45) is 11.8 Å². The van der Waals surface area contributed by atoms with Crippen LogP contribution in [0.15, 0.2) is 29.4 Å². The van der Waals surface area contributed by atoms with Crippen LogP contribution in [0.2, 0.25) is 0 Å². The molecule has 3 N–H and O–H groups in total. The van der Waals surface area contributed by atoms with E-state index in [2.05, 4.69) is 10.4 Å². The van der Waals surface area contributed by atoms with Crippen LogP contribution in [-0.4, -0.2) is 16.6 Å². The molecule has 76 valence electrons. The second kappa shape index (κ2) is 5.62. The van der Waals surface area contributed by atoms with Crippen LogP contribution in [0.25, 0.3) is 0 Å². The number of rotatable bonds is 4. The van der Waals surface area contributed by atoms with Gasteiger partial charge in [-0.15, -0.1) is 11.8 Å². The third-order valence-corrected chi connectivity index (χ3v) is 3.01. The molecule has 0 radical (unpaired) electrons. The van der Waals surface area contributed by atoms with Crippen molar-refractivity contribution in [3.05, 3.63) is 24.5 Å². The Kier molecular flexibility index (Phi) is 4.42. The van der Waals surface area contributed by atoms with Crippen molar-refractivity contribution in [3.8, 4) is 0 Å². The van der Waals surface area contributed by atoms with Gasteiger partial charge >= 0.3 is 0 Å². The summed E-state index contributed by atoms with van der Waals surface area (Å²) in [5, 5.41) is 0. The van der Waals surface area contributed by atoms with Crippen LogP contribution in [0.4, 0.5) is 0 Å². The highest BCUT2D eigenvalue weighted by Crippen LogP contribution is 2.19. The normalized spacial score (nSPS) is 12.1. The molecule has 1 aromatic rings. The highest BCUT2D eigenvalue weighted by molar-refractivity contribution is 7.99. The summed E-state index contributed by atoms with van der Waals surface area (Å²) < 4.78 is 0. The number of nitrogens with zero attached hydrogens (tertiary/aromatic N) is 1. The van der Waals surface area contributed by atoms with Crippen LogP contribution in [0.1, 0.15) is 6.92 Å². The lowest BCUT2D eigenvalue weighted by Gasteiger charge is -2.08. The number of hydrogen-bond acceptors (Lipinski definition) is 4. The van der Waals surface area contributed by atoms with E-state index in [9.17, 15) is 4.79 Å². The van der Waals surface area contributed by atoms with Gasteiger partial charge in [-0.05, 0) is 12.1 Å². The van der Waals surface area contributed by atoms with Gasteiger partial charge in [-0.2, -0.15) is 0 Å². The maximum Gasteiger partial charge on any atom is 0.237 e. The molecule has 1 unspecified atom stereocenters. The van der Waals surface area contributed by atoms with Crippen LogP contribution in [0.3, 0.4) is 0 Å². The molecular formula is C9H13N3OS. The van der Waals surface area contributed by atoms with E-state index in [1.165, 1.54) is 0 Å². The number of hydrazine groups is 1. The summed E-state index contributed by atoms with van der Waals surface area (Å²) in [7, 11) is 0. The van der Waals surface area contributed by atoms with Gasteiger partial charge < -0.3 is 0 Å². The van der Waals surface area contributed by atoms with Crippen LogP contribution in [-0.2, 0) is 4.79 Å². The number of carbonyl (C=O) groups is 1. The average molecular weight is 211 g/mol. The summed E-state index contributed by atoms with van der Waals surface area (Å²) in [6.07, 6.45) is 3.46. The fourth-order valence-corrected chi connectivity index (χ4v) is 1.78. The van der Waals surface area contributed by atoms with Crippen LogP contribution in [0.5, 0.6) is 0 Å². The summed E-state index contributed by atoms with van der Waals surface area (Å²) in [6.45, 7) is 1.84. The monoisotopic (exact) mass is 211 g/mol. The number of thioether (sulfide) groups is 1. The molecule has 1 atom stereocenters. The first-order chi connectivity index (χ1) is 6.74. The molecule has 1 aromatic heterocycles. The Morgan fingerprint density at radius 1 is 1.64 bits per heavy atom. The van der Waals surface area contributed by atoms with E-state index in [-0.39, 0.29) is 11.8 Å². The highest BCUT2D eigenvalue weighted by Gasteiger charge is 2.11. The van der Waals surface area contributed by atoms with Gasteiger partial charge in [-0.1, -0.05) is 6.92 Å². The maximum absolute atomic E-state index is 11.1. The Hall–Kier alpha value is -1.07. The molecule has 4 nitrogen and oxygen atoms in total. The number of nitrogens with two attached hydrogens (primary N) is 1. The van der Waals surface area contributed by atoms with E-state index in [1.807, 2.05) is 19.1 Å². The smallest absolute Gasteiger partial charge is 0.237 e. The lowest BCUT2D eigenvalue weighted by Crippen LogP contribution is -2.35. The van der Waals surface area contributed by atoms with E-state index < -0.39 is 0 Å². The van der Waals surface area contributed by atoms with Crippen molar-refractivity contribution in [2.75, 3.05) is 5.75 Å².